The molecular weight excluding hydrogens is 473 g/mol. The van der Waals surface area contributed by atoms with Crippen LogP contribution < -0.4 is 14.4 Å². The number of sulfonamides is 1. The fourth-order valence-corrected chi connectivity index (χ4v) is 4.48. The van der Waals surface area contributed by atoms with Crippen molar-refractivity contribution in [1.29, 1.82) is 0 Å². The Balaban J connectivity index is 2.14. The molecule has 2 aromatic carbocycles. The lowest BCUT2D eigenvalue weighted by atomic mass is 10.1. The van der Waals surface area contributed by atoms with Crippen molar-refractivity contribution in [3.8, 4) is 5.75 Å². The summed E-state index contributed by atoms with van der Waals surface area (Å²) in [6.45, 7) is 4.39. The summed E-state index contributed by atoms with van der Waals surface area (Å²) in [5.41, 5.74) is 1.15. The summed E-state index contributed by atoms with van der Waals surface area (Å²) in [5, 5.41) is 2.82. The predicted molar refractivity (Wildman–Crippen MR) is 134 cm³/mol. The van der Waals surface area contributed by atoms with Crippen LogP contribution in [0.1, 0.15) is 38.7 Å². The van der Waals surface area contributed by atoms with Gasteiger partial charge < -0.3 is 15.0 Å². The number of halogens is 1. The average Bonchev–Trinajstić information content (AvgIpc) is 2.83. The number of rotatable bonds is 13. The molecule has 2 aromatic rings. The second kappa shape index (κ2) is 13.1. The Morgan fingerprint density at radius 3 is 2.26 bits per heavy atom. The maximum atomic E-state index is 13.3. The minimum absolute atomic E-state index is 0.0365. The molecule has 0 aromatic heterocycles. The zero-order chi connectivity index (χ0) is 26.0. The van der Waals surface area contributed by atoms with Gasteiger partial charge in [-0.3, -0.25) is 13.9 Å². The lowest BCUT2D eigenvalue weighted by molar-refractivity contribution is -0.140. The minimum atomic E-state index is -3.63. The van der Waals surface area contributed by atoms with Crippen LogP contribution in [0.15, 0.2) is 48.5 Å². The highest BCUT2D eigenvalue weighted by Crippen LogP contribution is 2.20. The van der Waals surface area contributed by atoms with Crippen molar-refractivity contribution >= 4 is 27.5 Å². The Morgan fingerprint density at radius 1 is 1.09 bits per heavy atom. The van der Waals surface area contributed by atoms with Gasteiger partial charge in [0.1, 0.15) is 17.6 Å². The van der Waals surface area contributed by atoms with Gasteiger partial charge in [-0.1, -0.05) is 19.1 Å². The van der Waals surface area contributed by atoms with Crippen LogP contribution in [0.2, 0.25) is 0 Å². The largest absolute Gasteiger partial charge is 0.497 e. The zero-order valence-corrected chi connectivity index (χ0v) is 21.5. The van der Waals surface area contributed by atoms with Crippen LogP contribution in [-0.4, -0.2) is 57.6 Å². The number of ether oxygens (including phenoxy) is 1. The van der Waals surface area contributed by atoms with E-state index >= 15 is 0 Å². The van der Waals surface area contributed by atoms with E-state index in [9.17, 15) is 22.4 Å². The second-order valence-electron chi connectivity index (χ2n) is 8.25. The average molecular weight is 508 g/mol. The molecule has 192 valence electrons. The molecule has 1 atom stereocenters. The normalized spacial score (nSPS) is 12.0. The molecule has 2 rings (SSSR count). The van der Waals surface area contributed by atoms with E-state index in [-0.39, 0.29) is 37.7 Å². The van der Waals surface area contributed by atoms with Gasteiger partial charge in [-0.25, -0.2) is 12.8 Å². The lowest BCUT2D eigenvalue weighted by Gasteiger charge is -2.29. The van der Waals surface area contributed by atoms with Crippen LogP contribution in [0.3, 0.4) is 0 Å². The van der Waals surface area contributed by atoms with Crippen LogP contribution in [0.5, 0.6) is 5.75 Å². The first-order valence-electron chi connectivity index (χ1n) is 11.5. The smallest absolute Gasteiger partial charge is 0.242 e. The molecule has 0 bridgehead atoms. The summed E-state index contributed by atoms with van der Waals surface area (Å²) in [6.07, 6.45) is 2.10. The summed E-state index contributed by atoms with van der Waals surface area (Å²) in [4.78, 5) is 27.3. The second-order valence-corrected chi connectivity index (χ2v) is 10.2. The number of carbonyl (C=O) groups excluding carboxylic acids is 2. The van der Waals surface area contributed by atoms with E-state index in [4.69, 9.17) is 4.74 Å². The monoisotopic (exact) mass is 507 g/mol. The summed E-state index contributed by atoms with van der Waals surface area (Å²) in [5.74, 6) is -0.311. The van der Waals surface area contributed by atoms with Gasteiger partial charge in [0.05, 0.1) is 19.1 Å². The van der Waals surface area contributed by atoms with E-state index in [1.807, 2.05) is 19.1 Å². The van der Waals surface area contributed by atoms with E-state index in [1.54, 1.807) is 26.2 Å². The van der Waals surface area contributed by atoms with Crippen molar-refractivity contribution in [3.05, 3.63) is 59.9 Å². The lowest BCUT2D eigenvalue weighted by Crippen LogP contribution is -2.47. The van der Waals surface area contributed by atoms with Crippen LogP contribution >= 0.6 is 0 Å². The van der Waals surface area contributed by atoms with Crippen LogP contribution in [-0.2, 0) is 26.2 Å². The molecule has 0 radical (unpaired) electrons. The molecule has 1 N–H and O–H groups in total. The Labute approximate surface area is 207 Å². The molecule has 1 unspecified atom stereocenters. The van der Waals surface area contributed by atoms with Gasteiger partial charge in [0.15, 0.2) is 0 Å². The molecule has 0 aliphatic carbocycles. The zero-order valence-electron chi connectivity index (χ0n) is 20.7. The molecule has 0 aliphatic heterocycles. The fraction of sp³-hybridized carbons (Fsp3) is 0.440. The Morgan fingerprint density at radius 2 is 1.71 bits per heavy atom. The summed E-state index contributed by atoms with van der Waals surface area (Å²) < 4.78 is 44.2. The summed E-state index contributed by atoms with van der Waals surface area (Å²) in [6, 6.07) is 11.7. The number of hydrogen-bond donors (Lipinski definition) is 1. The molecule has 35 heavy (non-hydrogen) atoms. The quantitative estimate of drug-likeness (QED) is 0.449. The number of nitrogens with one attached hydrogen (secondary N) is 1. The van der Waals surface area contributed by atoms with Crippen LogP contribution in [0.4, 0.5) is 10.1 Å². The number of methoxy groups -OCH3 is 1. The SMILES string of the molecule is CCCNC(=O)C(C)N(Cc1ccc(OC)cc1)C(=O)CCCN(c1ccc(F)cc1)S(C)(=O)=O. The van der Waals surface area contributed by atoms with Gasteiger partial charge in [0, 0.05) is 26.1 Å². The molecule has 2 amide bonds. The minimum Gasteiger partial charge on any atom is -0.497 e. The van der Waals surface area contributed by atoms with Crippen molar-refractivity contribution in [2.75, 3.05) is 30.8 Å². The molecule has 8 nitrogen and oxygen atoms in total. The fourth-order valence-electron chi connectivity index (χ4n) is 3.52. The standard InChI is InChI=1S/C25H34FN3O5S/c1-5-16-27-25(31)19(2)28(18-20-8-14-23(34-3)15-9-20)24(30)7-6-17-29(35(4,32)33)22-12-10-21(26)11-13-22/h8-15,19H,5-7,16-18H2,1-4H3,(H,27,31). The number of anilines is 1. The third kappa shape index (κ3) is 8.54. The summed E-state index contributed by atoms with van der Waals surface area (Å²) >= 11 is 0. The Bertz CT molecular complexity index is 1080. The third-order valence-electron chi connectivity index (χ3n) is 5.50. The predicted octanol–water partition coefficient (Wildman–Crippen LogP) is 3.32. The van der Waals surface area contributed by atoms with Crippen molar-refractivity contribution in [2.45, 2.75) is 45.7 Å². The molecule has 0 aliphatic rings. The Kier molecular flexibility index (Phi) is 10.5. The van der Waals surface area contributed by atoms with Gasteiger partial charge in [0.2, 0.25) is 21.8 Å². The van der Waals surface area contributed by atoms with Crippen LogP contribution in [0.25, 0.3) is 0 Å². The Hall–Kier alpha value is -3.14. The van der Waals surface area contributed by atoms with Crippen molar-refractivity contribution in [1.82, 2.24) is 10.2 Å². The maximum absolute atomic E-state index is 13.3. The first kappa shape index (κ1) is 28.1. The van der Waals surface area contributed by atoms with Gasteiger partial charge in [-0.05, 0) is 61.7 Å². The topological polar surface area (TPSA) is 96.0 Å². The first-order valence-corrected chi connectivity index (χ1v) is 13.3. The van der Waals surface area contributed by atoms with E-state index in [0.717, 1.165) is 22.5 Å². The highest BCUT2D eigenvalue weighted by Gasteiger charge is 2.26. The van der Waals surface area contributed by atoms with E-state index in [2.05, 4.69) is 5.32 Å². The molecular formula is C25H34FN3O5S. The van der Waals surface area contributed by atoms with Crippen LogP contribution in [0, 0.1) is 5.82 Å². The van der Waals surface area contributed by atoms with Crippen molar-refractivity contribution in [2.24, 2.45) is 0 Å². The number of benzene rings is 2. The number of nitrogens with zero attached hydrogens (tertiary/aromatic N) is 2. The van der Waals surface area contributed by atoms with E-state index < -0.39 is 21.9 Å². The van der Waals surface area contributed by atoms with Gasteiger partial charge in [-0.15, -0.1) is 0 Å². The maximum Gasteiger partial charge on any atom is 0.242 e. The van der Waals surface area contributed by atoms with Crippen molar-refractivity contribution in [3.63, 3.8) is 0 Å². The molecule has 10 heteroatoms. The highest BCUT2D eigenvalue weighted by molar-refractivity contribution is 7.92. The molecule has 0 saturated heterocycles. The molecule has 0 spiro atoms. The first-order chi connectivity index (χ1) is 16.6. The number of hydrogen-bond acceptors (Lipinski definition) is 5. The van der Waals surface area contributed by atoms with Gasteiger partial charge in [-0.2, -0.15) is 0 Å². The van der Waals surface area contributed by atoms with Gasteiger partial charge in [0.25, 0.3) is 0 Å². The van der Waals surface area contributed by atoms with Crippen molar-refractivity contribution < 1.29 is 27.1 Å². The molecule has 0 heterocycles. The van der Waals surface area contributed by atoms with Gasteiger partial charge >= 0.3 is 0 Å². The highest BCUT2D eigenvalue weighted by atomic mass is 32.2. The number of amides is 2. The van der Waals surface area contributed by atoms with E-state index in [1.165, 1.54) is 29.2 Å². The molecule has 0 fully saturated rings. The number of carbonyl (C=O) groups is 2. The molecule has 0 saturated carbocycles. The third-order valence-corrected chi connectivity index (χ3v) is 6.69. The summed E-state index contributed by atoms with van der Waals surface area (Å²) in [7, 11) is -2.07. The van der Waals surface area contributed by atoms with E-state index in [0.29, 0.717) is 18.0 Å².